The molecule has 0 heterocycles. The molecule has 17 heavy (non-hydrogen) atoms. The molecule has 5 heteroatoms. The average Bonchev–Trinajstić information content (AvgIpc) is 2.27. The monoisotopic (exact) mass is 237 g/mol. The normalized spacial score (nSPS) is 9.94. The summed E-state index contributed by atoms with van der Waals surface area (Å²) in [7, 11) is 0. The zero-order chi connectivity index (χ0) is 12.8. The molecule has 0 unspecified atom stereocenters. The second kappa shape index (κ2) is 5.89. The number of aromatic hydroxyl groups is 1. The van der Waals surface area contributed by atoms with Crippen molar-refractivity contribution in [1.82, 2.24) is 5.32 Å². The van der Waals surface area contributed by atoms with Crippen LogP contribution in [0.15, 0.2) is 18.2 Å². The Hall–Kier alpha value is -2.04. The van der Waals surface area contributed by atoms with Crippen LogP contribution in [0.5, 0.6) is 5.75 Å². The van der Waals surface area contributed by atoms with E-state index in [9.17, 15) is 14.7 Å². The number of phenols is 1. The van der Waals surface area contributed by atoms with Gasteiger partial charge in [-0.05, 0) is 37.1 Å². The Bertz CT molecular complexity index is 429. The van der Waals surface area contributed by atoms with Crippen LogP contribution in [0.4, 0.5) is 0 Å². The highest BCUT2D eigenvalue weighted by molar-refractivity contribution is 5.94. The molecule has 1 aromatic carbocycles. The van der Waals surface area contributed by atoms with E-state index in [1.54, 1.807) is 13.0 Å². The molecule has 0 saturated carbocycles. The van der Waals surface area contributed by atoms with Crippen LogP contribution in [0.2, 0.25) is 0 Å². The van der Waals surface area contributed by atoms with Crippen molar-refractivity contribution in [2.24, 2.45) is 0 Å². The van der Waals surface area contributed by atoms with Gasteiger partial charge in [0.05, 0.1) is 0 Å². The highest BCUT2D eigenvalue weighted by atomic mass is 16.4. The van der Waals surface area contributed by atoms with E-state index in [-0.39, 0.29) is 18.1 Å². The molecule has 0 atom stereocenters. The number of carbonyl (C=O) groups is 2. The minimum absolute atomic E-state index is 0.0366. The second-order valence-corrected chi connectivity index (χ2v) is 3.75. The molecular formula is C12H15NO4. The minimum Gasteiger partial charge on any atom is -0.508 e. The zero-order valence-electron chi connectivity index (χ0n) is 9.56. The third-order valence-electron chi connectivity index (χ3n) is 2.31. The van der Waals surface area contributed by atoms with E-state index >= 15 is 0 Å². The van der Waals surface area contributed by atoms with Crippen LogP contribution in [0.25, 0.3) is 0 Å². The van der Waals surface area contributed by atoms with Crippen molar-refractivity contribution >= 4 is 11.9 Å². The molecule has 3 N–H and O–H groups in total. The number of carboxylic acids is 1. The molecule has 0 aromatic heterocycles. The van der Waals surface area contributed by atoms with Crippen LogP contribution in [-0.2, 0) is 4.79 Å². The van der Waals surface area contributed by atoms with Crippen LogP contribution in [-0.4, -0.2) is 28.6 Å². The van der Waals surface area contributed by atoms with Gasteiger partial charge in [-0.3, -0.25) is 9.59 Å². The van der Waals surface area contributed by atoms with Gasteiger partial charge in [0.15, 0.2) is 0 Å². The first kappa shape index (κ1) is 13.0. The summed E-state index contributed by atoms with van der Waals surface area (Å²) in [5, 5.41) is 20.3. The zero-order valence-corrected chi connectivity index (χ0v) is 9.56. The smallest absolute Gasteiger partial charge is 0.303 e. The molecule has 0 fully saturated rings. The standard InChI is InChI=1S/C12H15NO4/c1-8-7-9(4-5-10(8)14)12(17)13-6-2-3-11(15)16/h4-5,7,14H,2-3,6H2,1H3,(H,13,17)(H,15,16). The van der Waals surface area contributed by atoms with Gasteiger partial charge in [0.2, 0.25) is 0 Å². The topological polar surface area (TPSA) is 86.6 Å². The van der Waals surface area contributed by atoms with Gasteiger partial charge in [-0.15, -0.1) is 0 Å². The number of aryl methyl sites for hydroxylation is 1. The molecule has 5 nitrogen and oxygen atoms in total. The minimum atomic E-state index is -0.875. The molecule has 1 rings (SSSR count). The fourth-order valence-electron chi connectivity index (χ4n) is 1.34. The van der Waals surface area contributed by atoms with E-state index in [2.05, 4.69) is 5.32 Å². The molecule has 0 spiro atoms. The number of hydrogen-bond acceptors (Lipinski definition) is 3. The third kappa shape index (κ3) is 4.14. The Kier molecular flexibility index (Phi) is 4.51. The summed E-state index contributed by atoms with van der Waals surface area (Å²) in [6, 6.07) is 4.57. The van der Waals surface area contributed by atoms with Crippen molar-refractivity contribution in [3.8, 4) is 5.75 Å². The molecule has 1 aromatic rings. The largest absolute Gasteiger partial charge is 0.508 e. The molecule has 1 amide bonds. The number of phenolic OH excluding ortho intramolecular Hbond substituents is 1. The lowest BCUT2D eigenvalue weighted by Gasteiger charge is -2.05. The first-order chi connectivity index (χ1) is 8.00. The number of hydrogen-bond donors (Lipinski definition) is 3. The molecule has 0 aliphatic rings. The Labute approximate surface area is 99.1 Å². The average molecular weight is 237 g/mol. The summed E-state index contributed by atoms with van der Waals surface area (Å²) in [4.78, 5) is 21.9. The van der Waals surface area contributed by atoms with Crippen LogP contribution >= 0.6 is 0 Å². The van der Waals surface area contributed by atoms with Gasteiger partial charge in [-0.2, -0.15) is 0 Å². The fraction of sp³-hybridized carbons (Fsp3) is 0.333. The molecule has 0 saturated heterocycles. The highest BCUT2D eigenvalue weighted by Crippen LogP contribution is 2.16. The molecule has 0 aliphatic heterocycles. The Morgan fingerprint density at radius 3 is 2.65 bits per heavy atom. The van der Waals surface area contributed by atoms with E-state index < -0.39 is 5.97 Å². The van der Waals surface area contributed by atoms with Crippen LogP contribution in [0, 0.1) is 6.92 Å². The number of aliphatic carboxylic acids is 1. The van der Waals surface area contributed by atoms with Crippen LogP contribution in [0.1, 0.15) is 28.8 Å². The summed E-state index contributed by atoms with van der Waals surface area (Å²) in [5.41, 5.74) is 1.08. The van der Waals surface area contributed by atoms with Gasteiger partial charge in [0, 0.05) is 18.5 Å². The maximum atomic E-state index is 11.6. The number of amides is 1. The number of carbonyl (C=O) groups excluding carboxylic acids is 1. The van der Waals surface area contributed by atoms with Crippen molar-refractivity contribution in [2.45, 2.75) is 19.8 Å². The van der Waals surface area contributed by atoms with Crippen LogP contribution < -0.4 is 5.32 Å². The van der Waals surface area contributed by atoms with E-state index in [0.29, 0.717) is 24.1 Å². The van der Waals surface area contributed by atoms with Gasteiger partial charge in [-0.25, -0.2) is 0 Å². The van der Waals surface area contributed by atoms with Crippen molar-refractivity contribution in [3.05, 3.63) is 29.3 Å². The van der Waals surface area contributed by atoms with Gasteiger partial charge in [-0.1, -0.05) is 0 Å². The van der Waals surface area contributed by atoms with Gasteiger partial charge in [0.25, 0.3) is 5.91 Å². The van der Waals surface area contributed by atoms with Gasteiger partial charge < -0.3 is 15.5 Å². The Balaban J connectivity index is 2.47. The molecule has 0 aliphatic carbocycles. The SMILES string of the molecule is Cc1cc(C(=O)NCCCC(=O)O)ccc1O. The van der Waals surface area contributed by atoms with E-state index in [1.807, 2.05) is 0 Å². The maximum absolute atomic E-state index is 11.6. The summed E-state index contributed by atoms with van der Waals surface area (Å²) in [6.07, 6.45) is 0.438. The number of carboxylic acid groups (broad SMARTS) is 1. The van der Waals surface area contributed by atoms with Crippen molar-refractivity contribution in [1.29, 1.82) is 0 Å². The van der Waals surface area contributed by atoms with Crippen molar-refractivity contribution < 1.29 is 19.8 Å². The summed E-state index contributed by atoms with van der Waals surface area (Å²) >= 11 is 0. The number of rotatable bonds is 5. The lowest BCUT2D eigenvalue weighted by Crippen LogP contribution is -2.24. The predicted octanol–water partition coefficient (Wildman–Crippen LogP) is 1.30. The summed E-state index contributed by atoms with van der Waals surface area (Å²) < 4.78 is 0. The quantitative estimate of drug-likeness (QED) is 0.673. The van der Waals surface area contributed by atoms with Crippen molar-refractivity contribution in [3.63, 3.8) is 0 Å². The lowest BCUT2D eigenvalue weighted by atomic mass is 10.1. The summed E-state index contributed by atoms with van der Waals surface area (Å²) in [6.45, 7) is 2.03. The molecule has 92 valence electrons. The fourth-order valence-corrected chi connectivity index (χ4v) is 1.34. The van der Waals surface area contributed by atoms with Gasteiger partial charge >= 0.3 is 5.97 Å². The number of benzene rings is 1. The maximum Gasteiger partial charge on any atom is 0.303 e. The third-order valence-corrected chi connectivity index (χ3v) is 2.31. The number of nitrogens with one attached hydrogen (secondary N) is 1. The second-order valence-electron chi connectivity index (χ2n) is 3.75. The van der Waals surface area contributed by atoms with Crippen LogP contribution in [0.3, 0.4) is 0 Å². The van der Waals surface area contributed by atoms with E-state index in [1.165, 1.54) is 12.1 Å². The van der Waals surface area contributed by atoms with Gasteiger partial charge in [0.1, 0.15) is 5.75 Å². The highest BCUT2D eigenvalue weighted by Gasteiger charge is 2.07. The first-order valence-electron chi connectivity index (χ1n) is 5.30. The summed E-state index contributed by atoms with van der Waals surface area (Å²) in [5.74, 6) is -0.995. The molecule has 0 bridgehead atoms. The Morgan fingerprint density at radius 2 is 2.06 bits per heavy atom. The van der Waals surface area contributed by atoms with E-state index in [4.69, 9.17) is 5.11 Å². The molecule has 0 radical (unpaired) electrons. The Morgan fingerprint density at radius 1 is 1.35 bits per heavy atom. The molecular weight excluding hydrogens is 222 g/mol. The predicted molar refractivity (Wildman–Crippen MR) is 62.0 cm³/mol. The van der Waals surface area contributed by atoms with E-state index in [0.717, 1.165) is 0 Å². The van der Waals surface area contributed by atoms with Crippen molar-refractivity contribution in [2.75, 3.05) is 6.54 Å². The first-order valence-corrected chi connectivity index (χ1v) is 5.30. The lowest BCUT2D eigenvalue weighted by molar-refractivity contribution is -0.137.